The third-order valence-electron chi connectivity index (χ3n) is 1.16. The molecule has 0 aliphatic heterocycles. The first kappa shape index (κ1) is 8.02. The summed E-state index contributed by atoms with van der Waals surface area (Å²) < 4.78 is 0. The molecule has 1 aromatic heterocycles. The molecule has 0 fully saturated rings. The average Bonchev–Trinajstić information content (AvgIpc) is 2.57. The van der Waals surface area contributed by atoms with Crippen molar-refractivity contribution in [2.24, 2.45) is 0 Å². The van der Waals surface area contributed by atoms with Crippen LogP contribution in [0.4, 0.5) is 0 Å². The Morgan fingerprint density at radius 2 is 1.55 bits per heavy atom. The molecule has 1 heterocycles. The second-order valence-electron chi connectivity index (χ2n) is 2.09. The third kappa shape index (κ3) is 3.58. The third-order valence-corrected chi connectivity index (χ3v) is 1.79. The highest BCUT2D eigenvalue weighted by atomic mass is 32.1. The molecule has 0 aromatic carbocycles. The first-order chi connectivity index (χ1) is 5.39. The summed E-state index contributed by atoms with van der Waals surface area (Å²) in [7, 11) is 0. The maximum Gasteiger partial charge on any atom is -0.00934 e. The Morgan fingerprint density at radius 3 is 1.73 bits per heavy atom. The smallest absolute Gasteiger partial charge is 0.00934 e. The summed E-state index contributed by atoms with van der Waals surface area (Å²) in [4.78, 5) is 0. The van der Waals surface area contributed by atoms with Gasteiger partial charge in [0.25, 0.3) is 0 Å². The molecule has 11 heavy (non-hydrogen) atoms. The molecule has 0 amide bonds. The normalized spacial score (nSPS) is 12.9. The van der Waals surface area contributed by atoms with Crippen molar-refractivity contribution in [1.29, 1.82) is 0 Å². The van der Waals surface area contributed by atoms with Crippen LogP contribution >= 0.6 is 11.3 Å². The number of allylic oxidation sites excluding steroid dienone is 5. The summed E-state index contributed by atoms with van der Waals surface area (Å²) in [6, 6.07) is 4.04. The van der Waals surface area contributed by atoms with Gasteiger partial charge in [-0.3, -0.25) is 0 Å². The Kier molecular flexibility index (Phi) is 3.42. The zero-order chi connectivity index (χ0) is 7.94. The number of rotatable bonds is 0. The molecule has 0 unspecified atom stereocenters. The van der Waals surface area contributed by atoms with E-state index >= 15 is 0 Å². The van der Waals surface area contributed by atoms with Crippen molar-refractivity contribution in [3.05, 3.63) is 59.3 Å². The number of hydrogen-bond acceptors (Lipinski definition) is 1. The highest BCUT2D eigenvalue weighted by molar-refractivity contribution is 7.07. The molecule has 56 valence electrons. The van der Waals surface area contributed by atoms with E-state index in [1.54, 1.807) is 11.3 Å². The standard InChI is InChI=1S/C6H6.C4H4S/c1-6-4-2-3-5-6;1-2-4-5-3-1/h2-5H,1H2;1-4H. The zero-order valence-corrected chi connectivity index (χ0v) is 7.05. The van der Waals surface area contributed by atoms with Crippen LogP contribution in [0.3, 0.4) is 0 Å². The topological polar surface area (TPSA) is 0 Å². The zero-order valence-electron chi connectivity index (χ0n) is 6.23. The van der Waals surface area contributed by atoms with E-state index in [-0.39, 0.29) is 0 Å². The largest absolute Gasteiger partial charge is 0.152 e. The minimum Gasteiger partial charge on any atom is -0.152 e. The van der Waals surface area contributed by atoms with Gasteiger partial charge >= 0.3 is 0 Å². The van der Waals surface area contributed by atoms with Crippen LogP contribution in [0.15, 0.2) is 59.3 Å². The maximum absolute atomic E-state index is 3.68. The molecule has 1 aliphatic rings. The fraction of sp³-hybridized carbons (Fsp3) is 0. The van der Waals surface area contributed by atoms with E-state index in [1.807, 2.05) is 47.2 Å². The Hall–Kier alpha value is -1.08. The lowest BCUT2D eigenvalue weighted by Crippen LogP contribution is -1.50. The molecule has 1 aromatic rings. The summed E-state index contributed by atoms with van der Waals surface area (Å²) >= 11 is 1.71. The van der Waals surface area contributed by atoms with Crippen LogP contribution in [0.5, 0.6) is 0 Å². The van der Waals surface area contributed by atoms with Gasteiger partial charge in [0, 0.05) is 0 Å². The minimum absolute atomic E-state index is 1.09. The molecular weight excluding hydrogens is 152 g/mol. The predicted molar refractivity (Wildman–Crippen MR) is 51.7 cm³/mol. The lowest BCUT2D eigenvalue weighted by molar-refractivity contribution is 1.85. The van der Waals surface area contributed by atoms with Gasteiger partial charge in [-0.15, -0.1) is 0 Å². The van der Waals surface area contributed by atoms with Crippen LogP contribution in [0, 0.1) is 0 Å². The first-order valence-corrected chi connectivity index (χ1v) is 4.35. The second kappa shape index (κ2) is 4.69. The Labute approximate surface area is 71.2 Å². The summed E-state index contributed by atoms with van der Waals surface area (Å²) in [5, 5.41) is 4.08. The van der Waals surface area contributed by atoms with Gasteiger partial charge in [-0.25, -0.2) is 0 Å². The van der Waals surface area contributed by atoms with Crippen LogP contribution in [-0.4, -0.2) is 0 Å². The van der Waals surface area contributed by atoms with Gasteiger partial charge in [-0.1, -0.05) is 43.0 Å². The Morgan fingerprint density at radius 1 is 1.00 bits per heavy atom. The number of hydrogen-bond donors (Lipinski definition) is 0. The highest BCUT2D eigenvalue weighted by Gasteiger charge is 1.80. The van der Waals surface area contributed by atoms with Gasteiger partial charge in [0.15, 0.2) is 0 Å². The summed E-state index contributed by atoms with van der Waals surface area (Å²) in [6.07, 6.45) is 7.89. The molecule has 1 heteroatoms. The van der Waals surface area contributed by atoms with Crippen molar-refractivity contribution in [3.63, 3.8) is 0 Å². The second-order valence-corrected chi connectivity index (χ2v) is 2.90. The van der Waals surface area contributed by atoms with Crippen LogP contribution in [0.1, 0.15) is 0 Å². The molecule has 0 spiro atoms. The van der Waals surface area contributed by atoms with Crippen molar-refractivity contribution in [2.45, 2.75) is 0 Å². The fourth-order valence-corrected chi connectivity index (χ4v) is 1.09. The monoisotopic (exact) mass is 162 g/mol. The van der Waals surface area contributed by atoms with Crippen LogP contribution in [-0.2, 0) is 0 Å². The molecule has 0 saturated heterocycles. The summed E-state index contributed by atoms with van der Waals surface area (Å²) in [5.41, 5.74) is 1.09. The van der Waals surface area contributed by atoms with Crippen molar-refractivity contribution < 1.29 is 0 Å². The van der Waals surface area contributed by atoms with E-state index in [0.29, 0.717) is 0 Å². The lowest BCUT2D eigenvalue weighted by Gasteiger charge is -1.71. The summed E-state index contributed by atoms with van der Waals surface area (Å²) in [6.45, 7) is 3.68. The van der Waals surface area contributed by atoms with Gasteiger partial charge in [0.1, 0.15) is 0 Å². The minimum atomic E-state index is 1.09. The van der Waals surface area contributed by atoms with E-state index in [4.69, 9.17) is 0 Å². The van der Waals surface area contributed by atoms with E-state index in [9.17, 15) is 0 Å². The van der Waals surface area contributed by atoms with Gasteiger partial charge in [0.2, 0.25) is 0 Å². The van der Waals surface area contributed by atoms with E-state index in [1.165, 1.54) is 0 Å². The predicted octanol–water partition coefficient (Wildman–Crippen LogP) is 3.42. The van der Waals surface area contributed by atoms with Crippen LogP contribution in [0.25, 0.3) is 0 Å². The van der Waals surface area contributed by atoms with Crippen molar-refractivity contribution in [3.8, 4) is 0 Å². The van der Waals surface area contributed by atoms with Gasteiger partial charge in [-0.2, -0.15) is 11.3 Å². The highest BCUT2D eigenvalue weighted by Crippen LogP contribution is 2.01. The average molecular weight is 162 g/mol. The van der Waals surface area contributed by atoms with E-state index in [2.05, 4.69) is 6.58 Å². The SMILES string of the molecule is C=C1C=CC=C1.c1ccsc1. The lowest BCUT2D eigenvalue weighted by atomic mass is 10.4. The quantitative estimate of drug-likeness (QED) is 0.548. The molecule has 0 N–H and O–H groups in total. The van der Waals surface area contributed by atoms with Gasteiger partial charge < -0.3 is 0 Å². The molecule has 2 rings (SSSR count). The Balaban J connectivity index is 0.000000112. The van der Waals surface area contributed by atoms with E-state index < -0.39 is 0 Å². The summed E-state index contributed by atoms with van der Waals surface area (Å²) in [5.74, 6) is 0. The Bertz CT molecular complexity index is 221. The first-order valence-electron chi connectivity index (χ1n) is 3.40. The molecule has 0 saturated carbocycles. The molecule has 0 radical (unpaired) electrons. The van der Waals surface area contributed by atoms with Crippen LogP contribution < -0.4 is 0 Å². The van der Waals surface area contributed by atoms with Crippen molar-refractivity contribution in [2.75, 3.05) is 0 Å². The van der Waals surface area contributed by atoms with Gasteiger partial charge in [-0.05, 0) is 16.3 Å². The van der Waals surface area contributed by atoms with Crippen LogP contribution in [0.2, 0.25) is 0 Å². The number of thiophene rings is 1. The van der Waals surface area contributed by atoms with Crippen molar-refractivity contribution in [1.82, 2.24) is 0 Å². The van der Waals surface area contributed by atoms with E-state index in [0.717, 1.165) is 5.57 Å². The van der Waals surface area contributed by atoms with Crippen molar-refractivity contribution >= 4 is 11.3 Å². The molecule has 0 atom stereocenters. The maximum atomic E-state index is 3.68. The molecule has 0 bridgehead atoms. The fourth-order valence-electron chi connectivity index (χ4n) is 0.641. The molecule has 1 aliphatic carbocycles. The molecule has 0 nitrogen and oxygen atoms in total. The van der Waals surface area contributed by atoms with Gasteiger partial charge in [0.05, 0.1) is 0 Å². The molecular formula is C10H10S.